The van der Waals surface area contributed by atoms with Gasteiger partial charge in [-0.3, -0.25) is 9.59 Å². The first kappa shape index (κ1) is 18.7. The maximum absolute atomic E-state index is 12.0. The molecular formula is C18H20N2O4S. The Morgan fingerprint density at radius 3 is 2.40 bits per heavy atom. The van der Waals surface area contributed by atoms with Crippen LogP contribution in [0.2, 0.25) is 0 Å². The Morgan fingerprint density at radius 2 is 1.80 bits per heavy atom. The first-order valence-electron chi connectivity index (χ1n) is 7.88. The quantitative estimate of drug-likeness (QED) is 0.707. The highest BCUT2D eigenvalue weighted by molar-refractivity contribution is 7.16. The van der Waals surface area contributed by atoms with E-state index in [1.165, 1.54) is 11.3 Å². The van der Waals surface area contributed by atoms with E-state index in [1.807, 2.05) is 44.2 Å². The molecule has 0 saturated carbocycles. The zero-order valence-corrected chi connectivity index (χ0v) is 14.9. The van der Waals surface area contributed by atoms with Crippen LogP contribution in [0.15, 0.2) is 30.3 Å². The van der Waals surface area contributed by atoms with Gasteiger partial charge in [-0.05, 0) is 24.5 Å². The number of benzene rings is 1. The lowest BCUT2D eigenvalue weighted by Crippen LogP contribution is -2.33. The molecule has 0 spiro atoms. The van der Waals surface area contributed by atoms with Crippen LogP contribution in [0.4, 0.5) is 5.00 Å². The van der Waals surface area contributed by atoms with Gasteiger partial charge in [-0.25, -0.2) is 4.79 Å². The fraction of sp³-hybridized carbons (Fsp3) is 0.278. The zero-order valence-electron chi connectivity index (χ0n) is 14.1. The van der Waals surface area contributed by atoms with Crippen LogP contribution in [-0.2, 0) is 22.4 Å². The van der Waals surface area contributed by atoms with E-state index in [9.17, 15) is 19.5 Å². The predicted molar refractivity (Wildman–Crippen MR) is 97.2 cm³/mol. The number of carbonyl (C=O) groups excluding carboxylic acids is 2. The van der Waals surface area contributed by atoms with Crippen molar-refractivity contribution < 1.29 is 19.5 Å². The summed E-state index contributed by atoms with van der Waals surface area (Å²) >= 11 is 1.23. The number of carboxylic acid groups (broad SMARTS) is 1. The molecule has 1 aromatic heterocycles. The number of nitrogens with one attached hydrogen (secondary N) is 2. The molecule has 0 unspecified atom stereocenters. The summed E-state index contributed by atoms with van der Waals surface area (Å²) in [7, 11) is 0. The van der Waals surface area contributed by atoms with Crippen molar-refractivity contribution in [3.8, 4) is 0 Å². The number of carboxylic acids is 1. The second-order valence-corrected chi connectivity index (χ2v) is 6.71. The highest BCUT2D eigenvalue weighted by atomic mass is 32.1. The molecule has 3 N–H and O–H groups in total. The van der Waals surface area contributed by atoms with Crippen LogP contribution in [0.3, 0.4) is 0 Å². The summed E-state index contributed by atoms with van der Waals surface area (Å²) in [5.41, 5.74) is 1.71. The third kappa shape index (κ3) is 4.90. The average molecular weight is 360 g/mol. The van der Waals surface area contributed by atoms with Gasteiger partial charge in [0, 0.05) is 4.88 Å². The van der Waals surface area contributed by atoms with E-state index in [0.717, 1.165) is 16.0 Å². The van der Waals surface area contributed by atoms with Gasteiger partial charge in [-0.1, -0.05) is 37.3 Å². The van der Waals surface area contributed by atoms with Crippen LogP contribution in [0, 0.1) is 6.92 Å². The number of rotatable bonds is 7. The molecule has 1 heterocycles. The van der Waals surface area contributed by atoms with Gasteiger partial charge < -0.3 is 15.7 Å². The van der Waals surface area contributed by atoms with Crippen LogP contribution in [0.5, 0.6) is 0 Å². The van der Waals surface area contributed by atoms with Gasteiger partial charge in [0.25, 0.3) is 0 Å². The van der Waals surface area contributed by atoms with Crippen molar-refractivity contribution in [3.63, 3.8) is 0 Å². The number of carbonyl (C=O) groups is 3. The summed E-state index contributed by atoms with van der Waals surface area (Å²) in [6.07, 6.45) is 0.764. The van der Waals surface area contributed by atoms with Crippen molar-refractivity contribution in [3.05, 3.63) is 51.9 Å². The number of thiophene rings is 1. The molecule has 0 atom stereocenters. The lowest BCUT2D eigenvalue weighted by atomic mass is 10.1. The summed E-state index contributed by atoms with van der Waals surface area (Å²) < 4.78 is 0. The van der Waals surface area contributed by atoms with Crippen molar-refractivity contribution in [2.75, 3.05) is 11.9 Å². The minimum atomic E-state index is -1.07. The smallest absolute Gasteiger partial charge is 0.339 e. The molecule has 25 heavy (non-hydrogen) atoms. The maximum Gasteiger partial charge on any atom is 0.339 e. The normalized spacial score (nSPS) is 10.3. The first-order chi connectivity index (χ1) is 11.9. The Kier molecular flexibility index (Phi) is 6.30. The van der Waals surface area contributed by atoms with Crippen LogP contribution in [0.25, 0.3) is 0 Å². The molecule has 7 heteroatoms. The van der Waals surface area contributed by atoms with Crippen molar-refractivity contribution >= 4 is 34.1 Å². The Balaban J connectivity index is 1.94. The van der Waals surface area contributed by atoms with E-state index in [2.05, 4.69) is 10.6 Å². The lowest BCUT2D eigenvalue weighted by Gasteiger charge is -2.07. The summed E-state index contributed by atoms with van der Waals surface area (Å²) in [5.74, 6) is -1.78. The van der Waals surface area contributed by atoms with Crippen molar-refractivity contribution in [1.82, 2.24) is 5.32 Å². The number of amides is 2. The summed E-state index contributed by atoms with van der Waals surface area (Å²) in [5, 5.41) is 14.8. The monoisotopic (exact) mass is 360 g/mol. The molecule has 0 radical (unpaired) electrons. The number of aromatic carboxylic acids is 1. The van der Waals surface area contributed by atoms with Gasteiger partial charge in [0.2, 0.25) is 11.8 Å². The Labute approximate surface area is 149 Å². The summed E-state index contributed by atoms with van der Waals surface area (Å²) in [4.78, 5) is 36.2. The highest BCUT2D eigenvalue weighted by Gasteiger charge is 2.21. The van der Waals surface area contributed by atoms with Crippen molar-refractivity contribution in [1.29, 1.82) is 0 Å². The lowest BCUT2D eigenvalue weighted by molar-refractivity contribution is -0.123. The molecule has 2 amide bonds. The second-order valence-electron chi connectivity index (χ2n) is 5.49. The average Bonchev–Trinajstić information content (AvgIpc) is 2.89. The van der Waals surface area contributed by atoms with E-state index in [4.69, 9.17) is 0 Å². The minimum absolute atomic E-state index is 0.133. The molecule has 1 aromatic carbocycles. The highest BCUT2D eigenvalue weighted by Crippen LogP contribution is 2.33. The van der Waals surface area contributed by atoms with Gasteiger partial charge in [0.05, 0.1) is 18.5 Å². The topological polar surface area (TPSA) is 95.5 Å². The summed E-state index contributed by atoms with van der Waals surface area (Å²) in [6, 6.07) is 9.21. The molecule has 6 nitrogen and oxygen atoms in total. The molecule has 0 bridgehead atoms. The minimum Gasteiger partial charge on any atom is -0.478 e. The molecule has 0 aliphatic carbocycles. The Hall–Kier alpha value is -2.67. The van der Waals surface area contributed by atoms with Crippen LogP contribution in [-0.4, -0.2) is 29.4 Å². The fourth-order valence-corrected chi connectivity index (χ4v) is 3.67. The Bertz CT molecular complexity index is 784. The van der Waals surface area contributed by atoms with Gasteiger partial charge in [0.1, 0.15) is 5.00 Å². The SMILES string of the molecule is CCc1c(C)sc(NC(=O)CNC(=O)Cc2ccccc2)c1C(=O)O. The van der Waals surface area contributed by atoms with Gasteiger partial charge in [0.15, 0.2) is 0 Å². The van der Waals surface area contributed by atoms with Crippen molar-refractivity contribution in [2.24, 2.45) is 0 Å². The number of hydrogen-bond acceptors (Lipinski definition) is 4. The van der Waals surface area contributed by atoms with Gasteiger partial charge in [-0.2, -0.15) is 0 Å². The van der Waals surface area contributed by atoms with Crippen LogP contribution < -0.4 is 10.6 Å². The number of hydrogen-bond donors (Lipinski definition) is 3. The molecule has 132 valence electrons. The molecule has 2 aromatic rings. The predicted octanol–water partition coefficient (Wildman–Crippen LogP) is 2.61. The maximum atomic E-state index is 12.0. The second kappa shape index (κ2) is 8.43. The first-order valence-corrected chi connectivity index (χ1v) is 8.70. The third-order valence-corrected chi connectivity index (χ3v) is 4.75. The number of anilines is 1. The van der Waals surface area contributed by atoms with E-state index < -0.39 is 11.9 Å². The van der Waals surface area contributed by atoms with E-state index in [-0.39, 0.29) is 24.4 Å². The van der Waals surface area contributed by atoms with Gasteiger partial charge >= 0.3 is 5.97 Å². The molecule has 0 saturated heterocycles. The van der Waals surface area contributed by atoms with E-state index >= 15 is 0 Å². The van der Waals surface area contributed by atoms with Crippen molar-refractivity contribution in [2.45, 2.75) is 26.7 Å². The molecule has 0 aliphatic heterocycles. The Morgan fingerprint density at radius 1 is 1.12 bits per heavy atom. The molecule has 0 aliphatic rings. The van der Waals surface area contributed by atoms with Crippen LogP contribution >= 0.6 is 11.3 Å². The molecule has 2 rings (SSSR count). The molecular weight excluding hydrogens is 340 g/mol. The molecule has 0 fully saturated rings. The third-order valence-electron chi connectivity index (χ3n) is 3.68. The van der Waals surface area contributed by atoms with Crippen LogP contribution in [0.1, 0.15) is 33.3 Å². The fourth-order valence-electron chi connectivity index (χ4n) is 2.51. The zero-order chi connectivity index (χ0) is 18.4. The van der Waals surface area contributed by atoms with E-state index in [0.29, 0.717) is 11.4 Å². The standard InChI is InChI=1S/C18H20N2O4S/c1-3-13-11(2)25-17(16(13)18(23)24)20-15(22)10-19-14(21)9-12-7-5-4-6-8-12/h4-8H,3,9-10H2,1-2H3,(H,19,21)(H,20,22)(H,23,24). The van der Waals surface area contributed by atoms with E-state index in [1.54, 1.807) is 0 Å². The largest absolute Gasteiger partial charge is 0.478 e. The van der Waals surface area contributed by atoms with Gasteiger partial charge in [-0.15, -0.1) is 11.3 Å². The summed E-state index contributed by atoms with van der Waals surface area (Å²) in [6.45, 7) is 3.49. The number of aryl methyl sites for hydroxylation is 1.